The van der Waals surface area contributed by atoms with E-state index in [9.17, 15) is 4.79 Å². The lowest BCUT2D eigenvalue weighted by atomic mass is 10.2. The van der Waals surface area contributed by atoms with Crippen LogP contribution in [0.15, 0.2) is 12.1 Å². The van der Waals surface area contributed by atoms with Crippen LogP contribution in [0.25, 0.3) is 0 Å². The number of carbonyl (C=O) groups is 1. The van der Waals surface area contributed by atoms with E-state index in [-0.39, 0.29) is 21.5 Å². The molecule has 0 saturated carbocycles. The number of hydrogen-bond donors (Lipinski definition) is 1. The molecule has 70 valence electrons. The van der Waals surface area contributed by atoms with Crippen LogP contribution in [0.5, 0.6) is 0 Å². The fourth-order valence-electron chi connectivity index (χ4n) is 0.860. The van der Waals surface area contributed by atoms with Gasteiger partial charge in [-0.3, -0.25) is 4.79 Å². The van der Waals surface area contributed by atoms with Gasteiger partial charge in [0.25, 0.3) is 5.91 Å². The first-order chi connectivity index (χ1) is 6.07. The minimum atomic E-state index is -0.350. The van der Waals surface area contributed by atoms with Crippen molar-refractivity contribution in [2.75, 3.05) is 7.05 Å². The standard InChI is InChI=1S/C8H6Cl3NO/c1-12-8(13)6-4(9)2-3-5(10)7(6)11/h2-3H,1H3,(H,12,13). The molecule has 0 saturated heterocycles. The highest BCUT2D eigenvalue weighted by Crippen LogP contribution is 2.30. The van der Waals surface area contributed by atoms with Crippen molar-refractivity contribution in [3.63, 3.8) is 0 Å². The van der Waals surface area contributed by atoms with E-state index in [0.717, 1.165) is 0 Å². The molecule has 1 aromatic carbocycles. The minimum absolute atomic E-state index is 0.175. The smallest absolute Gasteiger partial charge is 0.254 e. The highest BCUT2D eigenvalue weighted by molar-refractivity contribution is 6.46. The number of halogens is 3. The van der Waals surface area contributed by atoms with Crippen molar-refractivity contribution in [1.82, 2.24) is 5.32 Å². The molecule has 0 unspecified atom stereocenters. The van der Waals surface area contributed by atoms with Crippen LogP contribution in [0.2, 0.25) is 15.1 Å². The first-order valence-electron chi connectivity index (χ1n) is 3.43. The summed E-state index contributed by atoms with van der Waals surface area (Å²) < 4.78 is 0. The fraction of sp³-hybridized carbons (Fsp3) is 0.125. The van der Waals surface area contributed by atoms with Crippen LogP contribution in [0, 0.1) is 0 Å². The lowest BCUT2D eigenvalue weighted by Gasteiger charge is -2.05. The number of hydrogen-bond acceptors (Lipinski definition) is 1. The first kappa shape index (κ1) is 10.6. The highest BCUT2D eigenvalue weighted by Gasteiger charge is 2.15. The zero-order valence-corrected chi connectivity index (χ0v) is 8.96. The van der Waals surface area contributed by atoms with Gasteiger partial charge in [-0.05, 0) is 12.1 Å². The molecule has 2 nitrogen and oxygen atoms in total. The Bertz CT molecular complexity index is 351. The van der Waals surface area contributed by atoms with E-state index in [4.69, 9.17) is 34.8 Å². The normalized spacial score (nSPS) is 9.85. The number of amides is 1. The van der Waals surface area contributed by atoms with Crippen LogP contribution >= 0.6 is 34.8 Å². The molecule has 0 atom stereocenters. The third-order valence-corrected chi connectivity index (χ3v) is 2.62. The Morgan fingerprint density at radius 1 is 1.23 bits per heavy atom. The van der Waals surface area contributed by atoms with Gasteiger partial charge in [0.05, 0.1) is 20.6 Å². The molecule has 13 heavy (non-hydrogen) atoms. The molecule has 0 aromatic heterocycles. The first-order valence-corrected chi connectivity index (χ1v) is 4.57. The van der Waals surface area contributed by atoms with Crippen LogP contribution < -0.4 is 5.32 Å². The molecule has 0 heterocycles. The van der Waals surface area contributed by atoms with E-state index >= 15 is 0 Å². The molecule has 5 heteroatoms. The molecule has 1 N–H and O–H groups in total. The quantitative estimate of drug-likeness (QED) is 0.749. The molecule has 1 aromatic rings. The Morgan fingerprint density at radius 2 is 1.77 bits per heavy atom. The van der Waals surface area contributed by atoms with Gasteiger partial charge < -0.3 is 5.32 Å². The summed E-state index contributed by atoms with van der Waals surface area (Å²) in [4.78, 5) is 11.3. The topological polar surface area (TPSA) is 29.1 Å². The largest absolute Gasteiger partial charge is 0.355 e. The van der Waals surface area contributed by atoms with Gasteiger partial charge >= 0.3 is 0 Å². The number of benzene rings is 1. The third kappa shape index (κ3) is 2.08. The third-order valence-electron chi connectivity index (χ3n) is 1.50. The number of nitrogens with one attached hydrogen (secondary N) is 1. The van der Waals surface area contributed by atoms with Crippen LogP contribution in [0.3, 0.4) is 0 Å². The molecule has 0 aliphatic rings. The molecular weight excluding hydrogens is 232 g/mol. The molecule has 1 amide bonds. The van der Waals surface area contributed by atoms with Crippen molar-refractivity contribution in [2.24, 2.45) is 0 Å². The van der Waals surface area contributed by atoms with Crippen LogP contribution in [-0.4, -0.2) is 13.0 Å². The SMILES string of the molecule is CNC(=O)c1c(Cl)ccc(Cl)c1Cl. The summed E-state index contributed by atoms with van der Waals surface area (Å²) >= 11 is 17.3. The summed E-state index contributed by atoms with van der Waals surface area (Å²) in [6.45, 7) is 0. The van der Waals surface area contributed by atoms with Crippen molar-refractivity contribution in [2.45, 2.75) is 0 Å². The van der Waals surface area contributed by atoms with Crippen molar-refractivity contribution in [3.05, 3.63) is 32.8 Å². The van der Waals surface area contributed by atoms with Gasteiger partial charge in [-0.15, -0.1) is 0 Å². The van der Waals surface area contributed by atoms with E-state index in [0.29, 0.717) is 5.02 Å². The Morgan fingerprint density at radius 3 is 2.31 bits per heavy atom. The molecule has 0 fully saturated rings. The lowest BCUT2D eigenvalue weighted by molar-refractivity contribution is 0.0963. The average molecular weight is 239 g/mol. The molecule has 0 radical (unpaired) electrons. The Hall–Kier alpha value is -0.440. The molecule has 0 aliphatic heterocycles. The maximum atomic E-state index is 11.3. The zero-order chi connectivity index (χ0) is 10.0. The summed E-state index contributed by atoms with van der Waals surface area (Å²) in [5, 5.41) is 3.19. The van der Waals surface area contributed by atoms with E-state index in [1.165, 1.54) is 13.1 Å². The van der Waals surface area contributed by atoms with Gasteiger partial charge in [-0.2, -0.15) is 0 Å². The average Bonchev–Trinajstić information content (AvgIpc) is 2.12. The van der Waals surface area contributed by atoms with Gasteiger partial charge in [0.2, 0.25) is 0 Å². The number of rotatable bonds is 1. The second kappa shape index (κ2) is 4.18. The van der Waals surface area contributed by atoms with Crippen LogP contribution in [0.1, 0.15) is 10.4 Å². The monoisotopic (exact) mass is 237 g/mol. The maximum absolute atomic E-state index is 11.3. The predicted octanol–water partition coefficient (Wildman–Crippen LogP) is 3.01. The summed E-state index contributed by atoms with van der Waals surface area (Å²) in [6.07, 6.45) is 0. The summed E-state index contributed by atoms with van der Waals surface area (Å²) in [6, 6.07) is 3.07. The number of carbonyl (C=O) groups excluding carboxylic acids is 1. The van der Waals surface area contributed by atoms with Gasteiger partial charge in [0, 0.05) is 7.05 Å². The van der Waals surface area contributed by atoms with Crippen molar-refractivity contribution >= 4 is 40.7 Å². The summed E-state index contributed by atoms with van der Waals surface area (Å²) in [7, 11) is 1.50. The minimum Gasteiger partial charge on any atom is -0.355 e. The fourth-order valence-corrected chi connectivity index (χ4v) is 1.56. The van der Waals surface area contributed by atoms with Gasteiger partial charge in [-0.25, -0.2) is 0 Å². The van der Waals surface area contributed by atoms with Gasteiger partial charge in [0.1, 0.15) is 0 Å². The van der Waals surface area contributed by atoms with Crippen molar-refractivity contribution in [1.29, 1.82) is 0 Å². The highest BCUT2D eigenvalue weighted by atomic mass is 35.5. The Labute approximate surface area is 90.8 Å². The zero-order valence-electron chi connectivity index (χ0n) is 6.70. The Kier molecular flexibility index (Phi) is 3.42. The predicted molar refractivity (Wildman–Crippen MR) is 54.9 cm³/mol. The molecule has 0 spiro atoms. The van der Waals surface area contributed by atoms with Crippen molar-refractivity contribution in [3.8, 4) is 0 Å². The molecule has 0 bridgehead atoms. The molecule has 0 aliphatic carbocycles. The van der Waals surface area contributed by atoms with E-state index in [1.807, 2.05) is 0 Å². The lowest BCUT2D eigenvalue weighted by Crippen LogP contribution is -2.18. The van der Waals surface area contributed by atoms with Crippen LogP contribution in [-0.2, 0) is 0 Å². The van der Waals surface area contributed by atoms with Crippen molar-refractivity contribution < 1.29 is 4.79 Å². The second-order valence-corrected chi connectivity index (χ2v) is 3.49. The van der Waals surface area contributed by atoms with E-state index in [2.05, 4.69) is 5.32 Å². The molecule has 1 rings (SSSR count). The van der Waals surface area contributed by atoms with Gasteiger partial charge in [-0.1, -0.05) is 34.8 Å². The second-order valence-electron chi connectivity index (χ2n) is 2.30. The summed E-state index contributed by atoms with van der Waals surface area (Å²) in [5.74, 6) is -0.350. The van der Waals surface area contributed by atoms with Gasteiger partial charge in [0.15, 0.2) is 0 Å². The molecular formula is C8H6Cl3NO. The maximum Gasteiger partial charge on any atom is 0.254 e. The van der Waals surface area contributed by atoms with Crippen LogP contribution in [0.4, 0.5) is 0 Å². The summed E-state index contributed by atoms with van der Waals surface area (Å²) in [5.41, 5.74) is 0.207. The Balaban J connectivity index is 3.33. The van der Waals surface area contributed by atoms with E-state index in [1.54, 1.807) is 6.07 Å². The van der Waals surface area contributed by atoms with E-state index < -0.39 is 0 Å².